The topological polar surface area (TPSA) is 72.5 Å². The van der Waals surface area contributed by atoms with Crippen molar-refractivity contribution >= 4 is 48.3 Å². The van der Waals surface area contributed by atoms with Crippen LogP contribution >= 0.6 is 27.3 Å². The standard InChI is InChI=1S/C11H14BrNO4S2/c1-17-11(14)9-7-4-2-3-5-8(7)18-10(9)13-19(15,16)6-12/h13H,2-6H2,1H3. The number of esters is 1. The summed E-state index contributed by atoms with van der Waals surface area (Å²) in [6.45, 7) is 0. The van der Waals surface area contributed by atoms with Gasteiger partial charge in [0.05, 0.1) is 12.7 Å². The minimum Gasteiger partial charge on any atom is -0.465 e. The molecule has 0 amide bonds. The number of halogens is 1. The predicted octanol–water partition coefficient (Wildman–Crippen LogP) is 2.51. The van der Waals surface area contributed by atoms with E-state index in [0.717, 1.165) is 36.1 Å². The SMILES string of the molecule is COC(=O)c1c(NS(=O)(=O)CBr)sc2c1CCCC2. The summed E-state index contributed by atoms with van der Waals surface area (Å²) < 4.78 is 30.3. The summed E-state index contributed by atoms with van der Waals surface area (Å²) in [6, 6.07) is 0. The molecule has 2 rings (SSSR count). The van der Waals surface area contributed by atoms with Crippen LogP contribution in [0.5, 0.6) is 0 Å². The Morgan fingerprint density at radius 1 is 1.42 bits per heavy atom. The van der Waals surface area contributed by atoms with Gasteiger partial charge >= 0.3 is 5.97 Å². The highest BCUT2D eigenvalue weighted by Crippen LogP contribution is 2.39. The quantitative estimate of drug-likeness (QED) is 0.655. The Morgan fingerprint density at radius 3 is 2.74 bits per heavy atom. The molecule has 1 aromatic rings. The van der Waals surface area contributed by atoms with Crippen molar-refractivity contribution in [3.8, 4) is 0 Å². The molecule has 0 fully saturated rings. The van der Waals surface area contributed by atoms with Crippen LogP contribution in [-0.4, -0.2) is 26.2 Å². The van der Waals surface area contributed by atoms with Crippen LogP contribution < -0.4 is 4.72 Å². The van der Waals surface area contributed by atoms with Crippen LogP contribution in [0.2, 0.25) is 0 Å². The lowest BCUT2D eigenvalue weighted by Gasteiger charge is -2.11. The predicted molar refractivity (Wildman–Crippen MR) is 78.6 cm³/mol. The molecule has 0 unspecified atom stereocenters. The first-order valence-electron chi connectivity index (χ1n) is 5.78. The van der Waals surface area contributed by atoms with E-state index in [2.05, 4.69) is 20.7 Å². The molecule has 0 saturated carbocycles. The summed E-state index contributed by atoms with van der Waals surface area (Å²) in [5.74, 6) is -0.480. The first kappa shape index (κ1) is 14.8. The number of methoxy groups -OCH3 is 1. The van der Waals surface area contributed by atoms with Crippen molar-refractivity contribution in [2.45, 2.75) is 25.7 Å². The van der Waals surface area contributed by atoms with E-state index in [0.29, 0.717) is 10.6 Å². The Balaban J connectivity index is 2.48. The minimum atomic E-state index is -3.47. The largest absolute Gasteiger partial charge is 0.465 e. The van der Waals surface area contributed by atoms with Crippen LogP contribution in [-0.2, 0) is 27.6 Å². The van der Waals surface area contributed by atoms with Crippen LogP contribution in [0.3, 0.4) is 0 Å². The van der Waals surface area contributed by atoms with E-state index in [1.165, 1.54) is 18.4 Å². The number of thiophene rings is 1. The highest BCUT2D eigenvalue weighted by atomic mass is 79.9. The van der Waals surface area contributed by atoms with Gasteiger partial charge in [0.25, 0.3) is 0 Å². The van der Waals surface area contributed by atoms with Crippen LogP contribution in [0.1, 0.15) is 33.6 Å². The molecule has 1 aliphatic carbocycles. The Hall–Kier alpha value is -0.600. The van der Waals surface area contributed by atoms with E-state index >= 15 is 0 Å². The van der Waals surface area contributed by atoms with Gasteiger partial charge in [-0.2, -0.15) is 0 Å². The van der Waals surface area contributed by atoms with Crippen molar-refractivity contribution < 1.29 is 17.9 Å². The number of hydrogen-bond acceptors (Lipinski definition) is 5. The average Bonchev–Trinajstić information content (AvgIpc) is 2.75. The third-order valence-electron chi connectivity index (χ3n) is 2.95. The fourth-order valence-electron chi connectivity index (χ4n) is 2.12. The first-order valence-corrected chi connectivity index (χ1v) is 9.37. The van der Waals surface area contributed by atoms with E-state index < -0.39 is 16.0 Å². The van der Waals surface area contributed by atoms with Gasteiger partial charge in [-0.1, -0.05) is 15.9 Å². The summed E-state index contributed by atoms with van der Waals surface area (Å²) in [5, 5.41) is 0.373. The molecule has 0 spiro atoms. The molecule has 106 valence electrons. The van der Waals surface area contributed by atoms with E-state index in [4.69, 9.17) is 4.74 Å². The van der Waals surface area contributed by atoms with E-state index in [1.807, 2.05) is 0 Å². The number of ether oxygens (including phenoxy) is 1. The van der Waals surface area contributed by atoms with Gasteiger partial charge in [0.1, 0.15) is 9.66 Å². The molecular weight excluding hydrogens is 354 g/mol. The van der Waals surface area contributed by atoms with Gasteiger partial charge in [0.2, 0.25) is 10.0 Å². The number of rotatable bonds is 4. The van der Waals surface area contributed by atoms with Crippen molar-refractivity contribution in [1.29, 1.82) is 0 Å². The van der Waals surface area contributed by atoms with Gasteiger partial charge in [0.15, 0.2) is 0 Å². The molecule has 0 saturated heterocycles. The number of alkyl halides is 1. The van der Waals surface area contributed by atoms with Crippen molar-refractivity contribution in [3.63, 3.8) is 0 Å². The van der Waals surface area contributed by atoms with Crippen molar-refractivity contribution in [2.24, 2.45) is 0 Å². The van der Waals surface area contributed by atoms with E-state index in [9.17, 15) is 13.2 Å². The molecule has 19 heavy (non-hydrogen) atoms. The summed E-state index contributed by atoms with van der Waals surface area (Å²) >= 11 is 4.25. The Kier molecular flexibility index (Phi) is 4.52. The van der Waals surface area contributed by atoms with Crippen molar-refractivity contribution in [3.05, 3.63) is 16.0 Å². The summed E-state index contributed by atoms with van der Waals surface area (Å²) in [7, 11) is -2.16. The lowest BCUT2D eigenvalue weighted by atomic mass is 9.95. The second kappa shape index (κ2) is 5.80. The first-order chi connectivity index (χ1) is 8.98. The molecule has 1 N–H and O–H groups in total. The van der Waals surface area contributed by atoms with Gasteiger partial charge in [-0.05, 0) is 31.2 Å². The zero-order valence-corrected chi connectivity index (χ0v) is 13.6. The molecule has 0 aromatic carbocycles. The average molecular weight is 368 g/mol. The lowest BCUT2D eigenvalue weighted by Crippen LogP contribution is -2.15. The second-order valence-electron chi connectivity index (χ2n) is 4.23. The molecule has 0 radical (unpaired) electrons. The van der Waals surface area contributed by atoms with Gasteiger partial charge in [-0.3, -0.25) is 4.72 Å². The van der Waals surface area contributed by atoms with Crippen LogP contribution in [0.25, 0.3) is 0 Å². The van der Waals surface area contributed by atoms with E-state index in [-0.39, 0.29) is 4.66 Å². The molecule has 8 heteroatoms. The number of nitrogens with one attached hydrogen (secondary N) is 1. The van der Waals surface area contributed by atoms with Crippen molar-refractivity contribution in [1.82, 2.24) is 0 Å². The Bertz CT molecular complexity index is 594. The van der Waals surface area contributed by atoms with Crippen molar-refractivity contribution in [2.75, 3.05) is 16.5 Å². The smallest absolute Gasteiger partial charge is 0.341 e. The summed E-state index contributed by atoms with van der Waals surface area (Å²) in [6.07, 6.45) is 3.77. The zero-order chi connectivity index (χ0) is 14.0. The van der Waals surface area contributed by atoms with Crippen LogP contribution in [0.15, 0.2) is 0 Å². The minimum absolute atomic E-state index is 0.205. The second-order valence-corrected chi connectivity index (χ2v) is 8.36. The maximum Gasteiger partial charge on any atom is 0.341 e. The number of fused-ring (bicyclic) bond motifs is 1. The number of anilines is 1. The normalized spacial score (nSPS) is 14.8. The number of hydrogen-bond donors (Lipinski definition) is 1. The highest BCUT2D eigenvalue weighted by molar-refractivity contribution is 9.10. The van der Waals surface area contributed by atoms with Gasteiger partial charge in [-0.25, -0.2) is 13.2 Å². The number of sulfonamides is 1. The third kappa shape index (κ3) is 3.11. The van der Waals surface area contributed by atoms with Gasteiger partial charge in [-0.15, -0.1) is 11.3 Å². The number of aryl methyl sites for hydroxylation is 1. The highest BCUT2D eigenvalue weighted by Gasteiger charge is 2.27. The molecule has 1 heterocycles. The molecule has 5 nitrogen and oxygen atoms in total. The third-order valence-corrected chi connectivity index (χ3v) is 6.90. The fraction of sp³-hybridized carbons (Fsp3) is 0.545. The molecule has 0 aliphatic heterocycles. The maximum absolute atomic E-state index is 11.9. The Morgan fingerprint density at radius 2 is 2.11 bits per heavy atom. The molecular formula is C11H14BrNO4S2. The maximum atomic E-state index is 11.9. The van der Waals surface area contributed by atoms with Crippen LogP contribution in [0, 0.1) is 0 Å². The summed E-state index contributed by atoms with van der Waals surface area (Å²) in [4.78, 5) is 13.0. The molecule has 0 bridgehead atoms. The number of carbonyl (C=O) groups is 1. The molecule has 1 aliphatic rings. The van der Waals surface area contributed by atoms with Gasteiger partial charge < -0.3 is 4.74 Å². The Labute approximate surface area is 124 Å². The fourth-order valence-corrected chi connectivity index (χ4v) is 4.58. The molecule has 1 aromatic heterocycles. The summed E-state index contributed by atoms with van der Waals surface area (Å²) in [5.41, 5.74) is 1.32. The lowest BCUT2D eigenvalue weighted by molar-refractivity contribution is 0.0601. The monoisotopic (exact) mass is 367 g/mol. The van der Waals surface area contributed by atoms with E-state index in [1.54, 1.807) is 0 Å². The van der Waals surface area contributed by atoms with Crippen LogP contribution in [0.4, 0.5) is 5.00 Å². The van der Waals surface area contributed by atoms with Gasteiger partial charge in [0, 0.05) is 4.88 Å². The number of carbonyl (C=O) groups excluding carboxylic acids is 1. The zero-order valence-electron chi connectivity index (χ0n) is 10.4. The molecule has 0 atom stereocenters.